The van der Waals surface area contributed by atoms with Crippen LogP contribution in [0.15, 0.2) is 48.5 Å². The lowest BCUT2D eigenvalue weighted by Crippen LogP contribution is -2.19. The molecule has 0 fully saturated rings. The number of nitrogens with zero attached hydrogens (tertiary/aromatic N) is 2. The number of halogens is 2. The molecular weight excluding hydrogens is 610 g/mol. The van der Waals surface area contributed by atoms with E-state index in [0.29, 0.717) is 11.4 Å². The van der Waals surface area contributed by atoms with E-state index in [0.717, 1.165) is 28.9 Å². The van der Waals surface area contributed by atoms with Gasteiger partial charge in [0.05, 0.1) is 35.6 Å². The van der Waals surface area contributed by atoms with Crippen molar-refractivity contribution in [1.29, 1.82) is 0 Å². The average molecular weight is 628 g/mol. The predicted molar refractivity (Wildman–Crippen MR) is 133 cm³/mol. The van der Waals surface area contributed by atoms with Crippen molar-refractivity contribution in [2.24, 2.45) is 0 Å². The number of carbonyl (C=O) groups excluding carboxylic acids is 2. The minimum Gasteiger partial charge on any atom is -0.449 e. The van der Waals surface area contributed by atoms with Crippen LogP contribution in [0.3, 0.4) is 0 Å². The average Bonchev–Trinajstić information content (AvgIpc) is 3.20. The Kier molecular flexibility index (Phi) is 6.05. The maximum absolute atomic E-state index is 13.0. The van der Waals surface area contributed by atoms with E-state index >= 15 is 0 Å². The van der Waals surface area contributed by atoms with Crippen LogP contribution in [0.4, 0.5) is 9.59 Å². The molecule has 8 heteroatoms. The summed E-state index contributed by atoms with van der Waals surface area (Å²) in [6.07, 6.45) is -0.967. The van der Waals surface area contributed by atoms with Crippen LogP contribution in [0.1, 0.15) is 13.8 Å². The molecule has 4 aromatic rings. The van der Waals surface area contributed by atoms with Crippen LogP contribution in [-0.2, 0) is 9.47 Å². The largest absolute Gasteiger partial charge is 0.449 e. The molecule has 0 saturated heterocycles. The van der Waals surface area contributed by atoms with Gasteiger partial charge in [0.15, 0.2) is 0 Å². The monoisotopic (exact) mass is 628 g/mol. The summed E-state index contributed by atoms with van der Waals surface area (Å²) in [4.78, 5) is 26.0. The molecule has 0 spiro atoms. The highest BCUT2D eigenvalue weighted by atomic mass is 127. The molecule has 2 heterocycles. The van der Waals surface area contributed by atoms with Crippen molar-refractivity contribution in [3.05, 3.63) is 55.7 Å². The number of fused-ring (bicyclic) bond motifs is 2. The van der Waals surface area contributed by atoms with Gasteiger partial charge in [-0.15, -0.1) is 0 Å². The van der Waals surface area contributed by atoms with Gasteiger partial charge in [-0.05, 0) is 71.2 Å². The van der Waals surface area contributed by atoms with Crippen molar-refractivity contribution in [3.8, 4) is 11.4 Å². The topological polar surface area (TPSA) is 62.5 Å². The first kappa shape index (κ1) is 21.2. The van der Waals surface area contributed by atoms with Gasteiger partial charge in [-0.1, -0.05) is 36.4 Å². The van der Waals surface area contributed by atoms with Crippen LogP contribution in [0.2, 0.25) is 0 Å². The summed E-state index contributed by atoms with van der Waals surface area (Å²) in [6, 6.07) is 15.3. The second kappa shape index (κ2) is 8.58. The summed E-state index contributed by atoms with van der Waals surface area (Å²) < 4.78 is 15.6. The number of ether oxygens (including phenoxy) is 2. The first-order chi connectivity index (χ1) is 14.5. The van der Waals surface area contributed by atoms with E-state index in [1.807, 2.05) is 48.5 Å². The van der Waals surface area contributed by atoms with Gasteiger partial charge in [-0.2, -0.15) is 0 Å². The smallest absolute Gasteiger partial charge is 0.419 e. The van der Waals surface area contributed by atoms with E-state index in [1.54, 1.807) is 23.0 Å². The van der Waals surface area contributed by atoms with E-state index in [-0.39, 0.29) is 13.2 Å². The van der Waals surface area contributed by atoms with Gasteiger partial charge in [-0.3, -0.25) is 0 Å². The highest BCUT2D eigenvalue weighted by molar-refractivity contribution is 14.1. The second-order valence-corrected chi connectivity index (χ2v) is 8.59. The summed E-state index contributed by atoms with van der Waals surface area (Å²) in [7, 11) is 0. The van der Waals surface area contributed by atoms with Gasteiger partial charge < -0.3 is 9.47 Å². The summed E-state index contributed by atoms with van der Waals surface area (Å²) in [5.41, 5.74) is 2.69. The molecule has 0 amide bonds. The van der Waals surface area contributed by atoms with E-state index in [1.165, 1.54) is 0 Å². The molecule has 0 bridgehead atoms. The molecule has 0 atom stereocenters. The first-order valence-corrected chi connectivity index (χ1v) is 11.6. The standard InChI is InChI=1S/C22H18I2N2O4/c1-3-29-21(27)25-15-11-7-5-9-13(15)17(23)19(25)20-18(24)14-10-6-8-12-16(14)26(20)22(28)30-4-2/h5-12H,3-4H2,1-2H3. The molecule has 4 rings (SSSR count). The molecule has 0 N–H and O–H groups in total. The van der Waals surface area contributed by atoms with Crippen LogP contribution in [0.5, 0.6) is 0 Å². The molecule has 0 aliphatic heterocycles. The molecule has 0 aliphatic carbocycles. The number of hydrogen-bond donors (Lipinski definition) is 0. The third-order valence-corrected chi connectivity index (χ3v) is 6.93. The highest BCUT2D eigenvalue weighted by Gasteiger charge is 2.30. The second-order valence-electron chi connectivity index (χ2n) is 6.43. The van der Waals surface area contributed by atoms with Crippen molar-refractivity contribution < 1.29 is 19.1 Å². The summed E-state index contributed by atoms with van der Waals surface area (Å²) >= 11 is 4.46. The van der Waals surface area contributed by atoms with Gasteiger partial charge in [0.2, 0.25) is 0 Å². The van der Waals surface area contributed by atoms with Gasteiger partial charge >= 0.3 is 12.2 Å². The Bertz CT molecular complexity index is 1190. The zero-order valence-corrected chi connectivity index (χ0v) is 20.6. The maximum Gasteiger partial charge on any atom is 0.419 e. The Hall–Kier alpha value is -2.08. The Morgan fingerprint density at radius 3 is 1.47 bits per heavy atom. The fourth-order valence-corrected chi connectivity index (χ4v) is 5.48. The Morgan fingerprint density at radius 2 is 1.10 bits per heavy atom. The Labute approximate surface area is 200 Å². The van der Waals surface area contributed by atoms with Gasteiger partial charge in [-0.25, -0.2) is 18.7 Å². The first-order valence-electron chi connectivity index (χ1n) is 9.43. The molecule has 0 aliphatic rings. The Balaban J connectivity index is 2.16. The molecule has 30 heavy (non-hydrogen) atoms. The number of carbonyl (C=O) groups is 2. The van der Waals surface area contributed by atoms with Crippen molar-refractivity contribution in [3.63, 3.8) is 0 Å². The van der Waals surface area contributed by atoms with Crippen molar-refractivity contribution >= 4 is 79.2 Å². The van der Waals surface area contributed by atoms with E-state index < -0.39 is 12.2 Å². The minimum atomic E-state index is -0.483. The van der Waals surface area contributed by atoms with Crippen molar-refractivity contribution in [2.45, 2.75) is 13.8 Å². The highest BCUT2D eigenvalue weighted by Crippen LogP contribution is 2.41. The van der Waals surface area contributed by atoms with Crippen LogP contribution in [-0.4, -0.2) is 34.5 Å². The Morgan fingerprint density at radius 1 is 0.733 bits per heavy atom. The normalized spacial score (nSPS) is 11.2. The van der Waals surface area contributed by atoms with Crippen LogP contribution in [0.25, 0.3) is 33.2 Å². The summed E-state index contributed by atoms with van der Waals surface area (Å²) in [5.74, 6) is 0. The quantitative estimate of drug-likeness (QED) is 0.244. The molecule has 0 saturated carbocycles. The minimum absolute atomic E-state index is 0.249. The van der Waals surface area contributed by atoms with Gasteiger partial charge in [0.25, 0.3) is 0 Å². The molecule has 6 nitrogen and oxygen atoms in total. The number of para-hydroxylation sites is 2. The fraction of sp³-hybridized carbons (Fsp3) is 0.182. The molecular formula is C22H18I2N2O4. The molecule has 2 aromatic carbocycles. The summed E-state index contributed by atoms with van der Waals surface area (Å²) in [6.45, 7) is 4.04. The van der Waals surface area contributed by atoms with Crippen LogP contribution < -0.4 is 0 Å². The van der Waals surface area contributed by atoms with E-state index in [9.17, 15) is 9.59 Å². The van der Waals surface area contributed by atoms with Gasteiger partial charge in [0, 0.05) is 17.9 Å². The molecule has 154 valence electrons. The lowest BCUT2D eigenvalue weighted by atomic mass is 10.2. The number of rotatable bonds is 3. The molecule has 0 radical (unpaired) electrons. The fourth-order valence-electron chi connectivity index (χ4n) is 3.58. The number of benzene rings is 2. The van der Waals surface area contributed by atoms with Crippen LogP contribution >= 0.6 is 45.2 Å². The lowest BCUT2D eigenvalue weighted by molar-refractivity contribution is 0.153. The third kappa shape index (κ3) is 3.29. The zero-order chi connectivity index (χ0) is 21.4. The van der Waals surface area contributed by atoms with E-state index in [2.05, 4.69) is 45.2 Å². The molecule has 2 aromatic heterocycles. The maximum atomic E-state index is 13.0. The zero-order valence-electron chi connectivity index (χ0n) is 16.3. The lowest BCUT2D eigenvalue weighted by Gasteiger charge is -2.13. The molecule has 0 unspecified atom stereocenters. The number of hydrogen-bond acceptors (Lipinski definition) is 4. The van der Waals surface area contributed by atoms with Crippen molar-refractivity contribution in [2.75, 3.05) is 13.2 Å². The third-order valence-electron chi connectivity index (χ3n) is 4.75. The SMILES string of the molecule is CCOC(=O)n1c(-c2c(I)c3ccccc3n2C(=O)OCC)c(I)c2ccccc21. The number of aromatic nitrogens is 2. The van der Waals surface area contributed by atoms with Crippen LogP contribution in [0, 0.1) is 7.14 Å². The van der Waals surface area contributed by atoms with Crippen molar-refractivity contribution in [1.82, 2.24) is 9.13 Å². The summed E-state index contributed by atoms with van der Waals surface area (Å²) in [5, 5.41) is 1.83. The predicted octanol–water partition coefficient (Wildman–Crippen LogP) is 6.48. The van der Waals surface area contributed by atoms with Gasteiger partial charge in [0.1, 0.15) is 0 Å². The van der Waals surface area contributed by atoms with E-state index in [4.69, 9.17) is 9.47 Å².